The second-order valence-corrected chi connectivity index (χ2v) is 8.77. The summed E-state index contributed by atoms with van der Waals surface area (Å²) in [7, 11) is 9.52. The number of carboxylic acids is 1. The van der Waals surface area contributed by atoms with Crippen molar-refractivity contribution in [2.75, 3.05) is 48.3 Å². The van der Waals surface area contributed by atoms with Gasteiger partial charge in [-0.05, 0) is 40.3 Å². The lowest BCUT2D eigenvalue weighted by molar-refractivity contribution is -0.871. The van der Waals surface area contributed by atoms with Gasteiger partial charge >= 0.3 is 5.97 Å². The van der Waals surface area contributed by atoms with Gasteiger partial charge in [-0.3, -0.25) is 24.1 Å². The molecule has 0 bridgehead atoms. The van der Waals surface area contributed by atoms with Crippen molar-refractivity contribution in [2.45, 2.75) is 57.5 Å². The minimum atomic E-state index is -0.970. The van der Waals surface area contributed by atoms with Crippen LogP contribution < -0.4 is 10.6 Å². The number of nitrogens with one attached hydrogen (secondary N) is 2. The minimum Gasteiger partial charge on any atom is -0.481 e. The molecule has 0 fully saturated rings. The van der Waals surface area contributed by atoms with Crippen LogP contribution in [0.2, 0.25) is 0 Å². The summed E-state index contributed by atoms with van der Waals surface area (Å²) in [6.07, 6.45) is 2.26. The quantitative estimate of drug-likeness (QED) is 0.261. The van der Waals surface area contributed by atoms with Gasteiger partial charge in [0, 0.05) is 19.4 Å². The third kappa shape index (κ3) is 14.6. The van der Waals surface area contributed by atoms with Crippen molar-refractivity contribution in [2.24, 2.45) is 0 Å². The van der Waals surface area contributed by atoms with E-state index in [2.05, 4.69) is 10.6 Å². The third-order valence-electron chi connectivity index (χ3n) is 4.45. The van der Waals surface area contributed by atoms with Crippen molar-refractivity contribution in [3.05, 3.63) is 0 Å². The third-order valence-corrected chi connectivity index (χ3v) is 4.45. The van der Waals surface area contributed by atoms with Crippen LogP contribution in [-0.4, -0.2) is 98.5 Å². The van der Waals surface area contributed by atoms with Crippen LogP contribution in [-0.2, 0) is 19.2 Å². The zero-order valence-electron chi connectivity index (χ0n) is 18.8. The lowest BCUT2D eigenvalue weighted by Crippen LogP contribution is -2.49. The molecule has 168 valence electrons. The van der Waals surface area contributed by atoms with E-state index in [-0.39, 0.29) is 42.9 Å². The Bertz CT molecular complexity index is 558. The van der Waals surface area contributed by atoms with E-state index in [1.807, 2.05) is 40.1 Å². The second kappa shape index (κ2) is 13.3. The second-order valence-electron chi connectivity index (χ2n) is 8.77. The Morgan fingerprint density at radius 1 is 1.00 bits per heavy atom. The maximum absolute atomic E-state index is 12.1. The molecule has 0 radical (unpaired) electrons. The SMILES string of the molecule is CC(=O)[C@H](CCCCNC(=O)CCC(=O)N[C@H](CC(=O)O)C[N+](C)(C)C)N(C)C. The first kappa shape index (κ1) is 27.0. The molecule has 0 saturated heterocycles. The molecular formula is C20H39N4O5+. The summed E-state index contributed by atoms with van der Waals surface area (Å²) in [5.41, 5.74) is 0. The van der Waals surface area contributed by atoms with Crippen molar-refractivity contribution < 1.29 is 28.8 Å². The topological polar surface area (TPSA) is 116 Å². The zero-order chi connectivity index (χ0) is 22.6. The van der Waals surface area contributed by atoms with Gasteiger partial charge in [-0.25, -0.2) is 0 Å². The van der Waals surface area contributed by atoms with E-state index in [1.165, 1.54) is 0 Å². The highest BCUT2D eigenvalue weighted by Crippen LogP contribution is 2.07. The van der Waals surface area contributed by atoms with Crippen LogP contribution in [0.25, 0.3) is 0 Å². The van der Waals surface area contributed by atoms with Gasteiger partial charge < -0.3 is 20.2 Å². The Morgan fingerprint density at radius 3 is 2.07 bits per heavy atom. The summed E-state index contributed by atoms with van der Waals surface area (Å²) >= 11 is 0. The van der Waals surface area contributed by atoms with Gasteiger partial charge in [-0.15, -0.1) is 0 Å². The number of amides is 2. The molecule has 0 unspecified atom stereocenters. The van der Waals surface area contributed by atoms with E-state index >= 15 is 0 Å². The van der Waals surface area contributed by atoms with Crippen molar-refractivity contribution in [3.8, 4) is 0 Å². The molecule has 0 aliphatic rings. The maximum atomic E-state index is 12.1. The lowest BCUT2D eigenvalue weighted by atomic mass is 10.1. The normalized spacial score (nSPS) is 13.6. The Balaban J connectivity index is 4.15. The first-order chi connectivity index (χ1) is 13.3. The number of hydrogen-bond donors (Lipinski definition) is 3. The summed E-state index contributed by atoms with van der Waals surface area (Å²) in [6.45, 7) is 2.57. The molecule has 2 amide bonds. The highest BCUT2D eigenvalue weighted by atomic mass is 16.4. The van der Waals surface area contributed by atoms with E-state index in [0.29, 0.717) is 17.6 Å². The molecule has 9 heteroatoms. The summed E-state index contributed by atoms with van der Waals surface area (Å²) in [5.74, 6) is -1.37. The van der Waals surface area contributed by atoms with Crippen LogP contribution >= 0.6 is 0 Å². The van der Waals surface area contributed by atoms with E-state index in [0.717, 1.165) is 19.3 Å². The number of aliphatic carboxylic acids is 1. The van der Waals surface area contributed by atoms with Crippen molar-refractivity contribution in [1.29, 1.82) is 0 Å². The van der Waals surface area contributed by atoms with Crippen molar-refractivity contribution in [1.82, 2.24) is 15.5 Å². The Morgan fingerprint density at radius 2 is 1.59 bits per heavy atom. The summed E-state index contributed by atoms with van der Waals surface area (Å²) in [6, 6.07) is -0.575. The van der Waals surface area contributed by atoms with E-state index in [4.69, 9.17) is 5.11 Å². The minimum absolute atomic E-state index is 0.0200. The summed E-state index contributed by atoms with van der Waals surface area (Å²) in [5, 5.41) is 14.5. The number of Topliss-reactive ketones (excluding diaryl/α,β-unsaturated/α-hetero) is 1. The highest BCUT2D eigenvalue weighted by Gasteiger charge is 2.23. The van der Waals surface area contributed by atoms with Gasteiger partial charge in [0.25, 0.3) is 0 Å². The number of nitrogens with zero attached hydrogens (tertiary/aromatic N) is 2. The lowest BCUT2D eigenvalue weighted by Gasteiger charge is -2.29. The number of quaternary nitrogens is 1. The molecule has 0 aromatic carbocycles. The monoisotopic (exact) mass is 415 g/mol. The number of unbranched alkanes of at least 4 members (excludes halogenated alkanes) is 1. The van der Waals surface area contributed by atoms with E-state index in [9.17, 15) is 19.2 Å². The molecule has 0 rings (SSSR count). The van der Waals surface area contributed by atoms with Crippen molar-refractivity contribution in [3.63, 3.8) is 0 Å². The molecule has 0 aliphatic heterocycles. The predicted molar refractivity (Wildman–Crippen MR) is 111 cm³/mol. The summed E-state index contributed by atoms with van der Waals surface area (Å²) < 4.78 is 0.525. The molecule has 29 heavy (non-hydrogen) atoms. The predicted octanol–water partition coefficient (Wildman–Crippen LogP) is 0.238. The van der Waals surface area contributed by atoms with Crippen molar-refractivity contribution >= 4 is 23.6 Å². The maximum Gasteiger partial charge on any atom is 0.305 e. The first-order valence-electron chi connectivity index (χ1n) is 10.1. The smallest absolute Gasteiger partial charge is 0.305 e. The fourth-order valence-electron chi connectivity index (χ4n) is 3.16. The standard InChI is InChI=1S/C20H38N4O5/c1-15(25)17(23(2)3)9-7-8-12-21-18(26)10-11-19(27)22-16(13-20(28)29)14-24(4,5)6/h16-17H,7-14H2,1-6H3,(H2-,21,22,26,27,28,29)/p+1/t16-,17+/m1/s1. The summed E-state index contributed by atoms with van der Waals surface area (Å²) in [4.78, 5) is 48.4. The number of hydrogen-bond acceptors (Lipinski definition) is 5. The molecule has 2 atom stereocenters. The number of carbonyl (C=O) groups excluding carboxylic acids is 3. The highest BCUT2D eigenvalue weighted by molar-refractivity contribution is 5.84. The molecule has 0 aromatic heterocycles. The Labute approximate surface area is 174 Å². The Hall–Kier alpha value is -2.00. The first-order valence-corrected chi connectivity index (χ1v) is 10.1. The number of carbonyl (C=O) groups is 4. The molecule has 3 N–H and O–H groups in total. The van der Waals surface area contributed by atoms with Gasteiger partial charge in [0.15, 0.2) is 0 Å². The molecule has 0 aliphatic carbocycles. The van der Waals surface area contributed by atoms with Crippen LogP contribution in [0.4, 0.5) is 0 Å². The van der Waals surface area contributed by atoms with Crippen LogP contribution in [0.3, 0.4) is 0 Å². The van der Waals surface area contributed by atoms with E-state index in [1.54, 1.807) is 6.92 Å². The van der Waals surface area contributed by atoms with Gasteiger partial charge in [0.05, 0.1) is 46.2 Å². The average molecular weight is 416 g/mol. The molecule has 9 nitrogen and oxygen atoms in total. The van der Waals surface area contributed by atoms with Gasteiger partial charge in [-0.1, -0.05) is 0 Å². The Kier molecular flexibility index (Phi) is 12.4. The molecule has 0 heterocycles. The zero-order valence-corrected chi connectivity index (χ0v) is 18.8. The number of carboxylic acid groups (broad SMARTS) is 1. The molecule has 0 aromatic rings. The van der Waals surface area contributed by atoms with Gasteiger partial charge in [0.2, 0.25) is 11.8 Å². The molecule has 0 spiro atoms. The number of ketones is 1. The largest absolute Gasteiger partial charge is 0.481 e. The van der Waals surface area contributed by atoms with Crippen LogP contribution in [0.15, 0.2) is 0 Å². The number of likely N-dealkylation sites (N-methyl/N-ethyl adjacent to an activating group) is 2. The van der Waals surface area contributed by atoms with Crippen LogP contribution in [0.5, 0.6) is 0 Å². The molecular weight excluding hydrogens is 376 g/mol. The number of rotatable bonds is 15. The van der Waals surface area contributed by atoms with Crippen LogP contribution in [0, 0.1) is 0 Å². The van der Waals surface area contributed by atoms with Gasteiger partial charge in [-0.2, -0.15) is 0 Å². The van der Waals surface area contributed by atoms with E-state index < -0.39 is 12.0 Å². The average Bonchev–Trinajstić information content (AvgIpc) is 2.53. The van der Waals surface area contributed by atoms with Gasteiger partial charge in [0.1, 0.15) is 5.78 Å². The van der Waals surface area contributed by atoms with Crippen LogP contribution in [0.1, 0.15) is 45.4 Å². The fourth-order valence-corrected chi connectivity index (χ4v) is 3.16. The molecule has 0 saturated carbocycles. The fraction of sp³-hybridized carbons (Fsp3) is 0.800.